The first-order valence-corrected chi connectivity index (χ1v) is 7.71. The molecule has 1 heterocycles. The first-order valence-electron chi connectivity index (χ1n) is 7.71. The van der Waals surface area contributed by atoms with Crippen molar-refractivity contribution < 1.29 is 14.3 Å². The number of hydrogen-bond acceptors (Lipinski definition) is 5. The molecule has 2 aromatic rings. The van der Waals surface area contributed by atoms with Crippen molar-refractivity contribution in [3.63, 3.8) is 0 Å². The standard InChI is InChI=1S/C17H21N3O3/c1-4-23-16(21)14-11-15(19-18-14)20(2)17(9-10-17)12-5-7-13(22-3)8-6-12/h5-8,11H,4,9-10H2,1-3H3,(H,18,19). The highest BCUT2D eigenvalue weighted by molar-refractivity contribution is 5.88. The van der Waals surface area contributed by atoms with Gasteiger partial charge in [0.1, 0.15) is 11.6 Å². The van der Waals surface area contributed by atoms with Gasteiger partial charge in [-0.05, 0) is 37.5 Å². The fourth-order valence-electron chi connectivity index (χ4n) is 2.86. The van der Waals surface area contributed by atoms with Crippen LogP contribution in [0.3, 0.4) is 0 Å². The molecule has 1 N–H and O–H groups in total. The van der Waals surface area contributed by atoms with Gasteiger partial charge in [-0.15, -0.1) is 0 Å². The van der Waals surface area contributed by atoms with E-state index in [9.17, 15) is 4.79 Å². The zero-order chi connectivity index (χ0) is 16.4. The number of nitrogens with one attached hydrogen (secondary N) is 1. The van der Waals surface area contributed by atoms with Crippen LogP contribution in [0.15, 0.2) is 30.3 Å². The van der Waals surface area contributed by atoms with E-state index in [1.165, 1.54) is 5.56 Å². The van der Waals surface area contributed by atoms with Gasteiger partial charge in [-0.25, -0.2) is 4.79 Å². The smallest absolute Gasteiger partial charge is 0.358 e. The Balaban J connectivity index is 1.81. The predicted octanol–water partition coefficient (Wildman–Crippen LogP) is 2.72. The van der Waals surface area contributed by atoms with Crippen molar-refractivity contribution in [3.8, 4) is 5.75 Å². The summed E-state index contributed by atoms with van der Waals surface area (Å²) < 4.78 is 10.2. The van der Waals surface area contributed by atoms with E-state index < -0.39 is 5.97 Å². The van der Waals surface area contributed by atoms with E-state index in [2.05, 4.69) is 27.2 Å². The van der Waals surface area contributed by atoms with Gasteiger partial charge in [0, 0.05) is 13.1 Å². The van der Waals surface area contributed by atoms with Gasteiger partial charge in [-0.3, -0.25) is 5.10 Å². The zero-order valence-corrected chi connectivity index (χ0v) is 13.6. The van der Waals surface area contributed by atoms with Crippen molar-refractivity contribution in [1.82, 2.24) is 10.2 Å². The van der Waals surface area contributed by atoms with E-state index in [1.807, 2.05) is 19.2 Å². The second kappa shape index (κ2) is 5.95. The number of aromatic amines is 1. The molecule has 0 aliphatic heterocycles. The summed E-state index contributed by atoms with van der Waals surface area (Å²) in [5, 5.41) is 6.99. The van der Waals surface area contributed by atoms with Gasteiger partial charge in [-0.1, -0.05) is 12.1 Å². The first kappa shape index (κ1) is 15.4. The van der Waals surface area contributed by atoms with Gasteiger partial charge in [0.2, 0.25) is 0 Å². The number of rotatable bonds is 6. The number of hydrogen-bond donors (Lipinski definition) is 1. The number of carbonyl (C=O) groups is 1. The molecule has 0 amide bonds. The molecule has 122 valence electrons. The van der Waals surface area contributed by atoms with Gasteiger partial charge >= 0.3 is 5.97 Å². The van der Waals surface area contributed by atoms with Crippen molar-refractivity contribution in [1.29, 1.82) is 0 Å². The van der Waals surface area contributed by atoms with Crippen LogP contribution in [0.1, 0.15) is 35.8 Å². The first-order chi connectivity index (χ1) is 11.1. The summed E-state index contributed by atoms with van der Waals surface area (Å²) in [6, 6.07) is 9.86. The summed E-state index contributed by atoms with van der Waals surface area (Å²) >= 11 is 0. The quantitative estimate of drug-likeness (QED) is 0.830. The molecule has 0 atom stereocenters. The van der Waals surface area contributed by atoms with E-state index in [-0.39, 0.29) is 5.54 Å². The number of esters is 1. The Morgan fingerprint density at radius 2 is 2.04 bits per heavy atom. The van der Waals surface area contributed by atoms with Crippen LogP contribution in [0.4, 0.5) is 5.82 Å². The molecular formula is C17H21N3O3. The normalized spacial score (nSPS) is 15.1. The maximum Gasteiger partial charge on any atom is 0.358 e. The van der Waals surface area contributed by atoms with Crippen LogP contribution < -0.4 is 9.64 Å². The Morgan fingerprint density at radius 1 is 1.35 bits per heavy atom. The van der Waals surface area contributed by atoms with E-state index in [0.29, 0.717) is 12.3 Å². The molecule has 1 aliphatic carbocycles. The largest absolute Gasteiger partial charge is 0.497 e. The summed E-state index contributed by atoms with van der Waals surface area (Å²) in [5.41, 5.74) is 1.48. The van der Waals surface area contributed by atoms with E-state index in [4.69, 9.17) is 9.47 Å². The maximum absolute atomic E-state index is 11.7. The SMILES string of the molecule is CCOC(=O)c1cc(N(C)C2(c3ccc(OC)cc3)CC2)[nH]n1. The fraction of sp³-hybridized carbons (Fsp3) is 0.412. The molecule has 0 radical (unpaired) electrons. The minimum atomic E-state index is -0.405. The minimum Gasteiger partial charge on any atom is -0.497 e. The Bertz CT molecular complexity index is 689. The van der Waals surface area contributed by atoms with Gasteiger partial charge in [0.25, 0.3) is 0 Å². The third-order valence-corrected chi connectivity index (χ3v) is 4.40. The lowest BCUT2D eigenvalue weighted by Crippen LogP contribution is -2.31. The van der Waals surface area contributed by atoms with Crippen LogP contribution in [-0.2, 0) is 10.3 Å². The Kier molecular flexibility index (Phi) is 3.98. The molecule has 6 nitrogen and oxygen atoms in total. The molecule has 0 bridgehead atoms. The number of benzene rings is 1. The average Bonchev–Trinajstić information content (AvgIpc) is 3.24. The molecule has 6 heteroatoms. The van der Waals surface area contributed by atoms with Crippen molar-refractivity contribution in [2.45, 2.75) is 25.3 Å². The van der Waals surface area contributed by atoms with Crippen molar-refractivity contribution in [3.05, 3.63) is 41.6 Å². The maximum atomic E-state index is 11.7. The van der Waals surface area contributed by atoms with Gasteiger partial charge in [0.05, 0.1) is 19.3 Å². The predicted molar refractivity (Wildman–Crippen MR) is 86.9 cm³/mol. The van der Waals surface area contributed by atoms with Crippen LogP contribution in [0.2, 0.25) is 0 Å². The molecule has 1 saturated carbocycles. The van der Waals surface area contributed by atoms with Crippen molar-refractivity contribution >= 4 is 11.8 Å². The molecule has 3 rings (SSSR count). The monoisotopic (exact) mass is 315 g/mol. The van der Waals surface area contributed by atoms with Gasteiger partial charge in [-0.2, -0.15) is 5.10 Å². The van der Waals surface area contributed by atoms with Crippen LogP contribution >= 0.6 is 0 Å². The van der Waals surface area contributed by atoms with Crippen LogP contribution in [0.25, 0.3) is 0 Å². The lowest BCUT2D eigenvalue weighted by molar-refractivity contribution is 0.0519. The summed E-state index contributed by atoms with van der Waals surface area (Å²) in [4.78, 5) is 13.9. The Labute approximate surface area is 135 Å². The molecule has 0 spiro atoms. The zero-order valence-electron chi connectivity index (χ0n) is 13.6. The fourth-order valence-corrected chi connectivity index (χ4v) is 2.86. The van der Waals surface area contributed by atoms with E-state index in [1.54, 1.807) is 20.1 Å². The third kappa shape index (κ3) is 2.76. The van der Waals surface area contributed by atoms with E-state index in [0.717, 1.165) is 24.4 Å². The minimum absolute atomic E-state index is 0.0509. The Hall–Kier alpha value is -2.50. The number of ether oxygens (including phenoxy) is 2. The summed E-state index contributed by atoms with van der Waals surface area (Å²) in [5.74, 6) is 1.25. The summed E-state index contributed by atoms with van der Waals surface area (Å²) in [7, 11) is 3.68. The molecule has 0 saturated heterocycles. The second-order valence-electron chi connectivity index (χ2n) is 5.68. The van der Waals surface area contributed by atoms with Crippen molar-refractivity contribution in [2.24, 2.45) is 0 Å². The summed E-state index contributed by atoms with van der Waals surface area (Å²) in [6.45, 7) is 2.12. The summed E-state index contributed by atoms with van der Waals surface area (Å²) in [6.07, 6.45) is 2.12. The molecule has 1 aromatic carbocycles. The highest BCUT2D eigenvalue weighted by Gasteiger charge is 2.48. The Morgan fingerprint density at radius 3 is 2.61 bits per heavy atom. The van der Waals surface area contributed by atoms with Crippen LogP contribution in [0, 0.1) is 0 Å². The lowest BCUT2D eigenvalue weighted by Gasteiger charge is -2.29. The number of carbonyl (C=O) groups excluding carboxylic acids is 1. The molecule has 23 heavy (non-hydrogen) atoms. The third-order valence-electron chi connectivity index (χ3n) is 4.40. The number of H-pyrrole nitrogens is 1. The number of anilines is 1. The highest BCUT2D eigenvalue weighted by Crippen LogP contribution is 2.51. The van der Waals surface area contributed by atoms with E-state index >= 15 is 0 Å². The molecule has 1 fully saturated rings. The number of nitrogens with zero attached hydrogens (tertiary/aromatic N) is 2. The lowest BCUT2D eigenvalue weighted by atomic mass is 10.0. The van der Waals surface area contributed by atoms with Gasteiger partial charge in [0.15, 0.2) is 5.69 Å². The highest BCUT2D eigenvalue weighted by atomic mass is 16.5. The average molecular weight is 315 g/mol. The van der Waals surface area contributed by atoms with Crippen LogP contribution in [-0.4, -0.2) is 36.9 Å². The number of aromatic nitrogens is 2. The molecule has 1 aromatic heterocycles. The van der Waals surface area contributed by atoms with Crippen LogP contribution in [0.5, 0.6) is 5.75 Å². The molecule has 1 aliphatic rings. The number of methoxy groups -OCH3 is 1. The van der Waals surface area contributed by atoms with Gasteiger partial charge < -0.3 is 14.4 Å². The topological polar surface area (TPSA) is 67.4 Å². The van der Waals surface area contributed by atoms with Crippen molar-refractivity contribution in [2.75, 3.05) is 25.7 Å². The molecule has 0 unspecified atom stereocenters. The molecular weight excluding hydrogens is 294 g/mol. The second-order valence-corrected chi connectivity index (χ2v) is 5.68.